The lowest BCUT2D eigenvalue weighted by Crippen LogP contribution is -2.21. The van der Waals surface area contributed by atoms with Crippen LogP contribution in [-0.4, -0.2) is 45.9 Å². The quantitative estimate of drug-likeness (QED) is 0.809. The Kier molecular flexibility index (Phi) is 2.47. The number of anilines is 1. The number of imidazole rings is 1. The molecule has 2 aromatic heterocycles. The van der Waals surface area contributed by atoms with Gasteiger partial charge in [-0.25, -0.2) is 23.4 Å². The minimum atomic E-state index is -2.90. The van der Waals surface area contributed by atoms with Crippen LogP contribution in [0.25, 0.3) is 11.2 Å². The van der Waals surface area contributed by atoms with Gasteiger partial charge in [-0.1, -0.05) is 0 Å². The second-order valence-corrected chi connectivity index (χ2v) is 6.72. The zero-order chi connectivity index (χ0) is 12.8. The highest BCUT2D eigenvalue weighted by atomic mass is 32.2. The maximum atomic E-state index is 11.4. The van der Waals surface area contributed by atoms with Gasteiger partial charge in [-0.2, -0.15) is 0 Å². The Bertz CT molecular complexity index is 693. The van der Waals surface area contributed by atoms with Crippen molar-refractivity contribution in [1.29, 1.82) is 0 Å². The summed E-state index contributed by atoms with van der Waals surface area (Å²) in [7, 11) is -2.90. The van der Waals surface area contributed by atoms with Gasteiger partial charge in [-0.3, -0.25) is 0 Å². The van der Waals surface area contributed by atoms with Crippen molar-refractivity contribution in [2.45, 2.75) is 19.4 Å². The summed E-state index contributed by atoms with van der Waals surface area (Å²) in [4.78, 5) is 15.5. The van der Waals surface area contributed by atoms with E-state index in [1.54, 1.807) is 0 Å². The molecule has 1 saturated heterocycles. The van der Waals surface area contributed by atoms with Crippen LogP contribution in [0.5, 0.6) is 0 Å². The third-order valence-corrected chi connectivity index (χ3v) is 4.75. The summed E-state index contributed by atoms with van der Waals surface area (Å²) in [5.74, 6) is 1.77. The van der Waals surface area contributed by atoms with Crippen LogP contribution >= 0.6 is 0 Å². The molecule has 1 aliphatic heterocycles. The number of nitrogens with zero attached hydrogens (tertiary/aromatic N) is 3. The summed E-state index contributed by atoms with van der Waals surface area (Å²) >= 11 is 0. The minimum Gasteiger partial charge on any atom is -0.364 e. The van der Waals surface area contributed by atoms with Crippen molar-refractivity contribution in [2.24, 2.45) is 0 Å². The molecule has 3 rings (SSSR count). The van der Waals surface area contributed by atoms with Crippen molar-refractivity contribution >= 4 is 26.8 Å². The fourth-order valence-corrected chi connectivity index (χ4v) is 3.83. The van der Waals surface area contributed by atoms with Crippen LogP contribution in [-0.2, 0) is 9.84 Å². The van der Waals surface area contributed by atoms with Gasteiger partial charge in [0.1, 0.15) is 17.7 Å². The number of hydrogen-bond acceptors (Lipinski definition) is 6. The molecule has 0 radical (unpaired) electrons. The van der Waals surface area contributed by atoms with Crippen LogP contribution in [0.4, 0.5) is 5.82 Å². The highest BCUT2D eigenvalue weighted by Crippen LogP contribution is 2.20. The third-order valence-electron chi connectivity index (χ3n) is 2.98. The first-order valence-electron chi connectivity index (χ1n) is 5.68. The molecule has 2 N–H and O–H groups in total. The molecule has 0 aromatic carbocycles. The number of rotatable bonds is 2. The zero-order valence-electron chi connectivity index (χ0n) is 9.84. The first-order valence-corrected chi connectivity index (χ1v) is 7.50. The predicted molar refractivity (Wildman–Crippen MR) is 67.1 cm³/mol. The highest BCUT2D eigenvalue weighted by molar-refractivity contribution is 7.91. The molecule has 0 aliphatic carbocycles. The molecule has 0 bridgehead atoms. The van der Waals surface area contributed by atoms with E-state index in [4.69, 9.17) is 0 Å². The smallest absolute Gasteiger partial charge is 0.183 e. The van der Waals surface area contributed by atoms with Gasteiger partial charge in [0, 0.05) is 6.04 Å². The fraction of sp³-hybridized carbons (Fsp3) is 0.500. The standard InChI is InChI=1S/C10H13N5O2S/c1-6-13-8-9(14-6)11-5-12-10(8)15-7-2-3-18(16,17)4-7/h5,7H,2-4H2,1H3,(H2,11,12,13,14,15)/t7-/m1/s1. The molecule has 0 spiro atoms. The van der Waals surface area contributed by atoms with Gasteiger partial charge in [0.25, 0.3) is 0 Å². The lowest BCUT2D eigenvalue weighted by Gasteiger charge is -2.11. The number of sulfone groups is 1. The monoisotopic (exact) mass is 267 g/mol. The molecular formula is C10H13N5O2S. The third kappa shape index (κ3) is 2.03. The Morgan fingerprint density at radius 3 is 3.00 bits per heavy atom. The second kappa shape index (κ2) is 3.91. The Morgan fingerprint density at radius 1 is 1.44 bits per heavy atom. The number of nitrogens with one attached hydrogen (secondary N) is 2. The van der Waals surface area contributed by atoms with Gasteiger partial charge in [0.05, 0.1) is 11.5 Å². The summed E-state index contributed by atoms with van der Waals surface area (Å²) in [6, 6.07) is -0.0864. The predicted octanol–water partition coefficient (Wildman–Crippen LogP) is 0.260. The first kappa shape index (κ1) is 11.4. The molecule has 2 aromatic rings. The average molecular weight is 267 g/mol. The Morgan fingerprint density at radius 2 is 2.28 bits per heavy atom. The van der Waals surface area contributed by atoms with Gasteiger partial charge in [-0.15, -0.1) is 0 Å². The molecule has 8 heteroatoms. The van der Waals surface area contributed by atoms with E-state index in [0.717, 1.165) is 11.3 Å². The normalized spacial score (nSPS) is 22.4. The Labute approximate surface area is 104 Å². The molecular weight excluding hydrogens is 254 g/mol. The maximum Gasteiger partial charge on any atom is 0.183 e. The van der Waals surface area contributed by atoms with Gasteiger partial charge >= 0.3 is 0 Å². The highest BCUT2D eigenvalue weighted by Gasteiger charge is 2.28. The van der Waals surface area contributed by atoms with Crippen molar-refractivity contribution < 1.29 is 8.42 Å². The van der Waals surface area contributed by atoms with E-state index in [2.05, 4.69) is 25.3 Å². The van der Waals surface area contributed by atoms with E-state index in [1.165, 1.54) is 6.33 Å². The van der Waals surface area contributed by atoms with Gasteiger partial charge in [0.2, 0.25) is 0 Å². The Balaban J connectivity index is 1.91. The number of H-pyrrole nitrogens is 1. The van der Waals surface area contributed by atoms with Crippen molar-refractivity contribution in [1.82, 2.24) is 19.9 Å². The van der Waals surface area contributed by atoms with Crippen LogP contribution in [0.1, 0.15) is 12.2 Å². The SMILES string of the molecule is Cc1nc2ncnc(N[C@@H]3CCS(=O)(=O)C3)c2[nH]1. The van der Waals surface area contributed by atoms with Crippen LogP contribution in [0, 0.1) is 6.92 Å². The maximum absolute atomic E-state index is 11.4. The van der Waals surface area contributed by atoms with Gasteiger partial charge < -0.3 is 10.3 Å². The molecule has 18 heavy (non-hydrogen) atoms. The summed E-state index contributed by atoms with van der Waals surface area (Å²) < 4.78 is 22.8. The zero-order valence-corrected chi connectivity index (χ0v) is 10.7. The largest absolute Gasteiger partial charge is 0.364 e. The van der Waals surface area contributed by atoms with Gasteiger partial charge in [0.15, 0.2) is 21.3 Å². The molecule has 96 valence electrons. The molecule has 7 nitrogen and oxygen atoms in total. The van der Waals surface area contributed by atoms with Crippen LogP contribution in [0.15, 0.2) is 6.33 Å². The van der Waals surface area contributed by atoms with Crippen LogP contribution in [0.3, 0.4) is 0 Å². The van der Waals surface area contributed by atoms with E-state index in [9.17, 15) is 8.42 Å². The molecule has 1 aliphatic rings. The first-order chi connectivity index (χ1) is 8.53. The van der Waals surface area contributed by atoms with Crippen molar-refractivity contribution in [2.75, 3.05) is 16.8 Å². The average Bonchev–Trinajstić information content (AvgIpc) is 2.81. The van der Waals surface area contributed by atoms with E-state index in [1.807, 2.05) is 6.92 Å². The topological polar surface area (TPSA) is 101 Å². The molecule has 0 amide bonds. The van der Waals surface area contributed by atoms with Gasteiger partial charge in [-0.05, 0) is 13.3 Å². The van der Waals surface area contributed by atoms with Crippen molar-refractivity contribution in [3.05, 3.63) is 12.2 Å². The Hall–Kier alpha value is -1.70. The number of aryl methyl sites for hydroxylation is 1. The van der Waals surface area contributed by atoms with Crippen LogP contribution in [0.2, 0.25) is 0 Å². The molecule has 0 unspecified atom stereocenters. The fourth-order valence-electron chi connectivity index (χ4n) is 2.16. The number of hydrogen-bond donors (Lipinski definition) is 2. The molecule has 1 fully saturated rings. The van der Waals surface area contributed by atoms with E-state index in [0.29, 0.717) is 17.9 Å². The van der Waals surface area contributed by atoms with E-state index in [-0.39, 0.29) is 17.5 Å². The summed E-state index contributed by atoms with van der Waals surface area (Å²) in [6.45, 7) is 1.84. The summed E-state index contributed by atoms with van der Waals surface area (Å²) in [6.07, 6.45) is 2.04. The molecule has 3 heterocycles. The van der Waals surface area contributed by atoms with Crippen molar-refractivity contribution in [3.63, 3.8) is 0 Å². The van der Waals surface area contributed by atoms with E-state index < -0.39 is 9.84 Å². The van der Waals surface area contributed by atoms with Crippen molar-refractivity contribution in [3.8, 4) is 0 Å². The molecule has 1 atom stereocenters. The number of fused-ring (bicyclic) bond motifs is 1. The molecule has 0 saturated carbocycles. The minimum absolute atomic E-state index is 0.0864. The van der Waals surface area contributed by atoms with Crippen LogP contribution < -0.4 is 5.32 Å². The number of aromatic nitrogens is 4. The number of aromatic amines is 1. The second-order valence-electron chi connectivity index (χ2n) is 4.49. The lowest BCUT2D eigenvalue weighted by atomic mass is 10.2. The summed E-state index contributed by atoms with van der Waals surface area (Å²) in [5, 5.41) is 3.15. The summed E-state index contributed by atoms with van der Waals surface area (Å²) in [5.41, 5.74) is 1.31. The lowest BCUT2D eigenvalue weighted by molar-refractivity contribution is 0.602. The van der Waals surface area contributed by atoms with E-state index >= 15 is 0 Å².